The van der Waals surface area contributed by atoms with Crippen LogP contribution in [0.2, 0.25) is 0 Å². The molecule has 27 heavy (non-hydrogen) atoms. The van der Waals surface area contributed by atoms with Gasteiger partial charge in [0.25, 0.3) is 0 Å². The van der Waals surface area contributed by atoms with Gasteiger partial charge < -0.3 is 10.2 Å². The number of rotatable bonds is 3. The number of piperazine rings is 1. The molecule has 6 rings (SSSR count). The van der Waals surface area contributed by atoms with Gasteiger partial charge in [-0.25, -0.2) is 4.39 Å². The molecule has 146 valence electrons. The SMILES string of the molecule is Fc1ccc(CNC(=S)N2CCN(C3C4CC5CC(C4)CC3C5)CC2)cc1. The summed E-state index contributed by atoms with van der Waals surface area (Å²) in [5.74, 6) is 3.84. The van der Waals surface area contributed by atoms with E-state index in [4.69, 9.17) is 12.2 Å². The smallest absolute Gasteiger partial charge is 0.169 e. The Balaban J connectivity index is 1.12. The van der Waals surface area contributed by atoms with Crippen LogP contribution in [0.3, 0.4) is 0 Å². The molecule has 0 atom stereocenters. The molecule has 4 aliphatic carbocycles. The van der Waals surface area contributed by atoms with Crippen LogP contribution in [0.5, 0.6) is 0 Å². The molecule has 0 aromatic heterocycles. The third-order valence-electron chi connectivity index (χ3n) is 7.56. The highest BCUT2D eigenvalue weighted by molar-refractivity contribution is 7.80. The largest absolute Gasteiger partial charge is 0.358 e. The number of nitrogens with zero attached hydrogens (tertiary/aromatic N) is 2. The van der Waals surface area contributed by atoms with Crippen molar-refractivity contribution < 1.29 is 4.39 Å². The molecule has 1 N–H and O–H groups in total. The number of halogens is 1. The lowest BCUT2D eigenvalue weighted by Gasteiger charge is -2.58. The minimum Gasteiger partial charge on any atom is -0.358 e. The third-order valence-corrected chi connectivity index (χ3v) is 7.96. The Morgan fingerprint density at radius 3 is 2.11 bits per heavy atom. The molecule has 0 radical (unpaired) electrons. The monoisotopic (exact) mass is 387 g/mol. The molecule has 0 amide bonds. The Labute approximate surface area is 167 Å². The summed E-state index contributed by atoms with van der Waals surface area (Å²) in [7, 11) is 0. The van der Waals surface area contributed by atoms with Crippen LogP contribution in [-0.2, 0) is 6.54 Å². The van der Waals surface area contributed by atoms with E-state index in [1.54, 1.807) is 0 Å². The summed E-state index contributed by atoms with van der Waals surface area (Å²) in [6.45, 7) is 5.00. The maximum atomic E-state index is 13.0. The highest BCUT2D eigenvalue weighted by Crippen LogP contribution is 2.55. The van der Waals surface area contributed by atoms with E-state index in [-0.39, 0.29) is 5.82 Å². The minimum atomic E-state index is -0.192. The van der Waals surface area contributed by atoms with Crippen LogP contribution in [0, 0.1) is 29.5 Å². The average molecular weight is 388 g/mol. The summed E-state index contributed by atoms with van der Waals surface area (Å²) < 4.78 is 13.0. The van der Waals surface area contributed by atoms with Crippen LogP contribution in [0.25, 0.3) is 0 Å². The Morgan fingerprint density at radius 2 is 1.52 bits per heavy atom. The molecule has 1 aromatic rings. The predicted octanol–water partition coefficient (Wildman–Crippen LogP) is 3.64. The van der Waals surface area contributed by atoms with Crippen LogP contribution < -0.4 is 5.32 Å². The van der Waals surface area contributed by atoms with Crippen molar-refractivity contribution in [3.8, 4) is 0 Å². The summed E-state index contributed by atoms with van der Waals surface area (Å²) in [4.78, 5) is 5.11. The molecule has 4 bridgehead atoms. The van der Waals surface area contributed by atoms with Crippen LogP contribution in [0.4, 0.5) is 4.39 Å². The van der Waals surface area contributed by atoms with Crippen molar-refractivity contribution >= 4 is 17.3 Å². The van der Waals surface area contributed by atoms with E-state index >= 15 is 0 Å². The molecule has 1 saturated heterocycles. The van der Waals surface area contributed by atoms with Gasteiger partial charge in [0.2, 0.25) is 0 Å². The van der Waals surface area contributed by atoms with E-state index in [0.29, 0.717) is 6.54 Å². The first-order valence-electron chi connectivity index (χ1n) is 10.7. The third kappa shape index (κ3) is 3.61. The molecule has 5 heteroatoms. The summed E-state index contributed by atoms with van der Waals surface area (Å²) >= 11 is 5.62. The highest BCUT2D eigenvalue weighted by atomic mass is 32.1. The predicted molar refractivity (Wildman–Crippen MR) is 110 cm³/mol. The Hall–Kier alpha value is -1.20. The van der Waals surface area contributed by atoms with E-state index in [1.807, 2.05) is 12.1 Å². The molecule has 1 aromatic carbocycles. The molecule has 1 aliphatic heterocycles. The van der Waals surface area contributed by atoms with Crippen molar-refractivity contribution in [1.29, 1.82) is 0 Å². The molecule has 5 fully saturated rings. The van der Waals surface area contributed by atoms with Gasteiger partial charge in [-0.15, -0.1) is 0 Å². The highest BCUT2D eigenvalue weighted by Gasteiger charge is 2.50. The fourth-order valence-corrected chi connectivity index (χ4v) is 6.86. The van der Waals surface area contributed by atoms with E-state index in [0.717, 1.165) is 66.6 Å². The minimum absolute atomic E-state index is 0.192. The first kappa shape index (κ1) is 17.9. The first-order chi connectivity index (χ1) is 13.2. The molecule has 4 saturated carbocycles. The molecule has 3 nitrogen and oxygen atoms in total. The fourth-order valence-electron chi connectivity index (χ4n) is 6.61. The van der Waals surface area contributed by atoms with Crippen LogP contribution in [0.1, 0.15) is 37.7 Å². The molecular formula is C22H30FN3S. The van der Waals surface area contributed by atoms with E-state index < -0.39 is 0 Å². The summed E-state index contributed by atoms with van der Waals surface area (Å²) in [6, 6.07) is 7.48. The van der Waals surface area contributed by atoms with Crippen LogP contribution >= 0.6 is 12.2 Å². The normalized spacial score (nSPS) is 35.4. The zero-order chi connectivity index (χ0) is 18.4. The Bertz CT molecular complexity index is 655. The maximum Gasteiger partial charge on any atom is 0.169 e. The van der Waals surface area contributed by atoms with Crippen molar-refractivity contribution in [3.05, 3.63) is 35.6 Å². The second kappa shape index (κ2) is 7.32. The van der Waals surface area contributed by atoms with Gasteiger partial charge in [0, 0.05) is 38.8 Å². The topological polar surface area (TPSA) is 18.5 Å². The number of benzene rings is 1. The number of hydrogen-bond acceptors (Lipinski definition) is 2. The van der Waals surface area contributed by atoms with Gasteiger partial charge in [0.1, 0.15) is 5.82 Å². The Morgan fingerprint density at radius 1 is 0.926 bits per heavy atom. The number of thiocarbonyl (C=S) groups is 1. The number of nitrogens with one attached hydrogen (secondary N) is 1. The molecule has 0 spiro atoms. The van der Waals surface area contributed by atoms with Gasteiger partial charge in [-0.3, -0.25) is 4.90 Å². The van der Waals surface area contributed by atoms with Crippen molar-refractivity contribution in [2.45, 2.75) is 44.7 Å². The van der Waals surface area contributed by atoms with Gasteiger partial charge in [-0.05, 0) is 85.7 Å². The lowest BCUT2D eigenvalue weighted by atomic mass is 9.54. The first-order valence-corrected chi connectivity index (χ1v) is 11.1. The second-order valence-corrected chi connectivity index (χ2v) is 9.62. The summed E-state index contributed by atoms with van der Waals surface area (Å²) in [6.07, 6.45) is 7.51. The second-order valence-electron chi connectivity index (χ2n) is 9.23. The van der Waals surface area contributed by atoms with E-state index in [1.165, 1.54) is 44.2 Å². The van der Waals surface area contributed by atoms with Crippen molar-refractivity contribution in [1.82, 2.24) is 15.1 Å². The molecule has 1 heterocycles. The van der Waals surface area contributed by atoms with Crippen molar-refractivity contribution in [2.24, 2.45) is 23.7 Å². The lowest BCUT2D eigenvalue weighted by Crippen LogP contribution is -2.61. The standard InChI is InChI=1S/C22H30FN3S/c23-20-3-1-15(2-4-20)14-24-22(27)26-7-5-25(6-8-26)21-18-10-16-9-17(12-18)13-19(21)11-16/h1-4,16-19,21H,5-14H2,(H,24,27). The zero-order valence-corrected chi connectivity index (χ0v) is 16.8. The van der Waals surface area contributed by atoms with Crippen LogP contribution in [0.15, 0.2) is 24.3 Å². The van der Waals surface area contributed by atoms with Gasteiger partial charge in [0.05, 0.1) is 0 Å². The van der Waals surface area contributed by atoms with Gasteiger partial charge in [-0.2, -0.15) is 0 Å². The van der Waals surface area contributed by atoms with Gasteiger partial charge in [0.15, 0.2) is 5.11 Å². The van der Waals surface area contributed by atoms with Gasteiger partial charge >= 0.3 is 0 Å². The molecular weight excluding hydrogens is 357 g/mol. The quantitative estimate of drug-likeness (QED) is 0.798. The zero-order valence-electron chi connectivity index (χ0n) is 15.9. The maximum absolute atomic E-state index is 13.0. The van der Waals surface area contributed by atoms with Crippen LogP contribution in [-0.4, -0.2) is 47.1 Å². The Kier molecular flexibility index (Phi) is 4.85. The molecule has 5 aliphatic rings. The summed E-state index contributed by atoms with van der Waals surface area (Å²) in [5.41, 5.74) is 1.06. The van der Waals surface area contributed by atoms with E-state index in [2.05, 4.69) is 15.1 Å². The average Bonchev–Trinajstić information content (AvgIpc) is 2.67. The number of hydrogen-bond donors (Lipinski definition) is 1. The van der Waals surface area contributed by atoms with Gasteiger partial charge in [-0.1, -0.05) is 12.1 Å². The lowest BCUT2D eigenvalue weighted by molar-refractivity contribution is -0.0727. The van der Waals surface area contributed by atoms with Crippen molar-refractivity contribution in [2.75, 3.05) is 26.2 Å². The summed E-state index contributed by atoms with van der Waals surface area (Å²) in [5, 5.41) is 4.19. The van der Waals surface area contributed by atoms with E-state index in [9.17, 15) is 4.39 Å². The molecule has 0 unspecified atom stereocenters. The van der Waals surface area contributed by atoms with Crippen molar-refractivity contribution in [3.63, 3.8) is 0 Å². The fraction of sp³-hybridized carbons (Fsp3) is 0.682.